The molecule has 0 aliphatic carbocycles. The van der Waals surface area contributed by atoms with E-state index in [1.807, 2.05) is 0 Å². The van der Waals surface area contributed by atoms with Crippen LogP contribution in [0.3, 0.4) is 0 Å². The van der Waals surface area contributed by atoms with Crippen LogP contribution in [0.25, 0.3) is 5.57 Å². The molecular weight excluding hydrogens is 376 g/mol. The molecule has 9 heteroatoms. The maximum Gasteiger partial charge on any atom is 0.277 e. The van der Waals surface area contributed by atoms with E-state index in [9.17, 15) is 19.7 Å². The van der Waals surface area contributed by atoms with Gasteiger partial charge in [0.25, 0.3) is 17.5 Å². The lowest BCUT2D eigenvalue weighted by molar-refractivity contribution is -0.384. The van der Waals surface area contributed by atoms with Gasteiger partial charge in [-0.05, 0) is 29.8 Å². The molecule has 0 radical (unpaired) electrons. The molecule has 0 aromatic heterocycles. The van der Waals surface area contributed by atoms with Crippen molar-refractivity contribution in [3.05, 3.63) is 63.2 Å². The fraction of sp³-hybridized carbons (Fsp3) is 0.111. The van der Waals surface area contributed by atoms with E-state index in [0.29, 0.717) is 11.3 Å². The maximum absolute atomic E-state index is 12.9. The summed E-state index contributed by atoms with van der Waals surface area (Å²) in [6.07, 6.45) is 0. The Labute approximate surface area is 158 Å². The van der Waals surface area contributed by atoms with Crippen LogP contribution in [-0.4, -0.2) is 31.0 Å². The molecule has 27 heavy (non-hydrogen) atoms. The number of carbonyl (C=O) groups is 2. The highest BCUT2D eigenvalue weighted by atomic mass is 35.5. The average Bonchev–Trinajstić information content (AvgIpc) is 2.90. The molecule has 1 heterocycles. The summed E-state index contributed by atoms with van der Waals surface area (Å²) in [5.74, 6) is -0.615. The predicted molar refractivity (Wildman–Crippen MR) is 97.9 cm³/mol. The molecule has 0 bridgehead atoms. The summed E-state index contributed by atoms with van der Waals surface area (Å²) >= 11 is 6.13. The fourth-order valence-electron chi connectivity index (χ4n) is 2.69. The van der Waals surface area contributed by atoms with Gasteiger partial charge in [0.05, 0.1) is 30.4 Å². The number of hydrogen-bond donors (Lipinski definition) is 0. The third kappa shape index (κ3) is 3.11. The molecule has 3 rings (SSSR count). The first-order valence-corrected chi connectivity index (χ1v) is 8.02. The monoisotopic (exact) mass is 388 g/mol. The second kappa shape index (κ2) is 7.08. The molecule has 2 aromatic rings. The number of imide groups is 1. The van der Waals surface area contributed by atoms with Gasteiger partial charge in [0.15, 0.2) is 0 Å². The van der Waals surface area contributed by atoms with Crippen LogP contribution in [0, 0.1) is 10.1 Å². The highest BCUT2D eigenvalue weighted by Crippen LogP contribution is 2.40. The number of ether oxygens (including phenoxy) is 2. The number of rotatable bonds is 5. The molecule has 8 nitrogen and oxygen atoms in total. The number of hydrogen-bond acceptors (Lipinski definition) is 6. The summed E-state index contributed by atoms with van der Waals surface area (Å²) in [4.78, 5) is 36.7. The standard InChI is InChI=1S/C18H13ClN2O6/c1-26-12-7-8-13(14(9-12)27-2)20-17(22)15(16(19)18(20)23)10-3-5-11(6-4-10)21(24)25/h3-9H,1-2H3. The minimum absolute atomic E-state index is 0.0329. The Morgan fingerprint density at radius 3 is 2.22 bits per heavy atom. The lowest BCUT2D eigenvalue weighted by Gasteiger charge is -2.18. The quantitative estimate of drug-likeness (QED) is 0.443. The van der Waals surface area contributed by atoms with Crippen LogP contribution >= 0.6 is 11.6 Å². The number of non-ortho nitro benzene ring substituents is 1. The highest BCUT2D eigenvalue weighted by molar-refractivity contribution is 6.60. The minimum atomic E-state index is -0.710. The largest absolute Gasteiger partial charge is 0.497 e. The van der Waals surface area contributed by atoms with Gasteiger partial charge in [-0.15, -0.1) is 0 Å². The van der Waals surface area contributed by atoms with E-state index in [0.717, 1.165) is 4.90 Å². The van der Waals surface area contributed by atoms with Crippen molar-refractivity contribution in [2.45, 2.75) is 0 Å². The molecule has 0 saturated heterocycles. The summed E-state index contributed by atoms with van der Waals surface area (Å²) in [5, 5.41) is 10.5. The first kappa shape index (κ1) is 18.4. The van der Waals surface area contributed by atoms with Gasteiger partial charge >= 0.3 is 0 Å². The van der Waals surface area contributed by atoms with E-state index >= 15 is 0 Å². The summed E-state index contributed by atoms with van der Waals surface area (Å²) in [6.45, 7) is 0. The van der Waals surface area contributed by atoms with Gasteiger partial charge in [-0.1, -0.05) is 11.6 Å². The first-order valence-electron chi connectivity index (χ1n) is 7.64. The molecule has 0 fully saturated rings. The Morgan fingerprint density at radius 1 is 1.00 bits per heavy atom. The molecule has 0 unspecified atom stereocenters. The van der Waals surface area contributed by atoms with E-state index in [1.165, 1.54) is 50.6 Å². The van der Waals surface area contributed by atoms with Gasteiger partial charge in [0.2, 0.25) is 0 Å². The molecule has 0 spiro atoms. The van der Waals surface area contributed by atoms with E-state index in [-0.39, 0.29) is 27.7 Å². The second-order valence-electron chi connectivity index (χ2n) is 5.48. The van der Waals surface area contributed by atoms with E-state index in [1.54, 1.807) is 6.07 Å². The number of amides is 2. The average molecular weight is 389 g/mol. The van der Waals surface area contributed by atoms with Crippen molar-refractivity contribution in [1.82, 2.24) is 0 Å². The van der Waals surface area contributed by atoms with E-state index in [2.05, 4.69) is 0 Å². The van der Waals surface area contributed by atoms with Gasteiger partial charge in [-0.25, -0.2) is 4.90 Å². The number of methoxy groups -OCH3 is 2. The summed E-state index contributed by atoms with van der Waals surface area (Å²) < 4.78 is 10.4. The molecular formula is C18H13ClN2O6. The predicted octanol–water partition coefficient (Wildman–Crippen LogP) is 3.14. The summed E-state index contributed by atoms with van der Waals surface area (Å²) in [7, 11) is 2.88. The zero-order valence-corrected chi connectivity index (χ0v) is 15.0. The van der Waals surface area contributed by atoms with Crippen molar-refractivity contribution < 1.29 is 24.0 Å². The number of nitrogens with zero attached hydrogens (tertiary/aromatic N) is 2. The SMILES string of the molecule is COc1ccc(N2C(=O)C(Cl)=C(c3ccc([N+](=O)[O-])cc3)C2=O)c(OC)c1. The van der Waals surface area contributed by atoms with Crippen LogP contribution in [-0.2, 0) is 9.59 Å². The summed E-state index contributed by atoms with van der Waals surface area (Å²) in [5.41, 5.74) is 0.345. The first-order chi connectivity index (χ1) is 12.9. The Kier molecular flexibility index (Phi) is 4.83. The number of benzene rings is 2. The Balaban J connectivity index is 2.03. The van der Waals surface area contributed by atoms with Gasteiger partial charge < -0.3 is 9.47 Å². The Hall–Kier alpha value is -3.39. The molecule has 138 valence electrons. The molecule has 0 N–H and O–H groups in total. The van der Waals surface area contributed by atoms with Crippen LogP contribution < -0.4 is 14.4 Å². The smallest absolute Gasteiger partial charge is 0.277 e. The van der Waals surface area contributed by atoms with Crippen molar-refractivity contribution in [3.8, 4) is 11.5 Å². The van der Waals surface area contributed by atoms with E-state index < -0.39 is 16.7 Å². The topological polar surface area (TPSA) is 99.0 Å². The maximum atomic E-state index is 12.9. The number of halogens is 1. The molecule has 0 saturated carbocycles. The third-order valence-corrected chi connectivity index (χ3v) is 4.37. The number of carbonyl (C=O) groups excluding carboxylic acids is 2. The van der Waals surface area contributed by atoms with Gasteiger partial charge in [-0.3, -0.25) is 19.7 Å². The van der Waals surface area contributed by atoms with E-state index in [4.69, 9.17) is 21.1 Å². The van der Waals surface area contributed by atoms with Crippen molar-refractivity contribution in [1.29, 1.82) is 0 Å². The van der Waals surface area contributed by atoms with Crippen LogP contribution in [0.1, 0.15) is 5.56 Å². The zero-order chi connectivity index (χ0) is 19.7. The summed E-state index contributed by atoms with van der Waals surface area (Å²) in [6, 6.07) is 9.84. The van der Waals surface area contributed by atoms with Gasteiger partial charge in [0, 0.05) is 18.2 Å². The van der Waals surface area contributed by atoms with Gasteiger partial charge in [-0.2, -0.15) is 0 Å². The molecule has 1 aliphatic heterocycles. The molecule has 0 atom stereocenters. The lowest BCUT2D eigenvalue weighted by Crippen LogP contribution is -2.31. The minimum Gasteiger partial charge on any atom is -0.497 e. The van der Waals surface area contributed by atoms with Gasteiger partial charge in [0.1, 0.15) is 16.5 Å². The van der Waals surface area contributed by atoms with Crippen LogP contribution in [0.4, 0.5) is 11.4 Å². The Morgan fingerprint density at radius 2 is 1.67 bits per heavy atom. The third-order valence-electron chi connectivity index (χ3n) is 4.02. The van der Waals surface area contributed by atoms with Crippen LogP contribution in [0.2, 0.25) is 0 Å². The Bertz CT molecular complexity index is 984. The number of nitro groups is 1. The molecule has 2 amide bonds. The fourth-order valence-corrected chi connectivity index (χ4v) is 2.97. The highest BCUT2D eigenvalue weighted by Gasteiger charge is 2.40. The van der Waals surface area contributed by atoms with Crippen LogP contribution in [0.5, 0.6) is 11.5 Å². The van der Waals surface area contributed by atoms with Crippen molar-refractivity contribution in [2.24, 2.45) is 0 Å². The van der Waals surface area contributed by atoms with Crippen molar-refractivity contribution >= 4 is 40.4 Å². The number of anilines is 1. The normalized spacial score (nSPS) is 14.0. The lowest BCUT2D eigenvalue weighted by atomic mass is 10.1. The number of nitro benzene ring substituents is 1. The zero-order valence-electron chi connectivity index (χ0n) is 14.3. The molecule has 1 aliphatic rings. The second-order valence-corrected chi connectivity index (χ2v) is 5.85. The van der Waals surface area contributed by atoms with Crippen LogP contribution in [0.15, 0.2) is 47.5 Å². The van der Waals surface area contributed by atoms with Crippen molar-refractivity contribution in [3.63, 3.8) is 0 Å². The van der Waals surface area contributed by atoms with Crippen molar-refractivity contribution in [2.75, 3.05) is 19.1 Å². The molecule has 2 aromatic carbocycles.